The molecule has 0 N–H and O–H groups in total. The fraction of sp³-hybridized carbons (Fsp3) is 0.640. The molecule has 0 spiro atoms. The van der Waals surface area contributed by atoms with Crippen LogP contribution >= 0.6 is 11.8 Å². The Morgan fingerprint density at radius 1 is 1.03 bits per heavy atom. The summed E-state index contributed by atoms with van der Waals surface area (Å²) in [5.41, 5.74) is 0.947. The fourth-order valence-electron chi connectivity index (χ4n) is 5.30. The number of amides is 1. The second-order valence-corrected chi connectivity index (χ2v) is 10.5. The van der Waals surface area contributed by atoms with Crippen LogP contribution in [0.3, 0.4) is 0 Å². The average Bonchev–Trinajstić information content (AvgIpc) is 3.26. The molecular formula is C25H36N4O3S. The van der Waals surface area contributed by atoms with Crippen molar-refractivity contribution in [1.29, 1.82) is 0 Å². The highest BCUT2D eigenvalue weighted by Crippen LogP contribution is 2.38. The summed E-state index contributed by atoms with van der Waals surface area (Å²) in [4.78, 5) is 15.0. The van der Waals surface area contributed by atoms with E-state index in [0.717, 1.165) is 42.5 Å². The first-order valence-electron chi connectivity index (χ1n) is 12.1. The summed E-state index contributed by atoms with van der Waals surface area (Å²) in [5, 5.41) is 9.96. The minimum Gasteiger partial charge on any atom is -0.493 e. The quantitative estimate of drug-likeness (QED) is 0.525. The van der Waals surface area contributed by atoms with Crippen molar-refractivity contribution in [3.63, 3.8) is 0 Å². The molecule has 1 aromatic carbocycles. The Balaban J connectivity index is 1.58. The molecular weight excluding hydrogens is 436 g/mol. The third-order valence-corrected chi connectivity index (χ3v) is 7.72. The van der Waals surface area contributed by atoms with Gasteiger partial charge in [0.25, 0.3) is 0 Å². The number of carbonyl (C=O) groups excluding carboxylic acids is 1. The van der Waals surface area contributed by atoms with Crippen LogP contribution in [0.25, 0.3) is 11.4 Å². The third kappa shape index (κ3) is 5.48. The van der Waals surface area contributed by atoms with Crippen LogP contribution in [0.5, 0.6) is 11.5 Å². The molecule has 1 aromatic heterocycles. The number of rotatable bonds is 7. The van der Waals surface area contributed by atoms with Crippen molar-refractivity contribution in [3.05, 3.63) is 18.2 Å². The number of hydrogen-bond donors (Lipinski definition) is 0. The largest absolute Gasteiger partial charge is 0.493 e. The maximum absolute atomic E-state index is 13.0. The first-order chi connectivity index (χ1) is 16.0. The number of nitrogens with zero attached hydrogens (tertiary/aromatic N) is 4. The number of thioether (sulfide) groups is 1. The summed E-state index contributed by atoms with van der Waals surface area (Å²) in [6.07, 6.45) is 7.11. The van der Waals surface area contributed by atoms with E-state index in [4.69, 9.17) is 9.47 Å². The SMILES string of the molecule is COc1ccc(-c2nnc(SCC(=O)N3CC(C)CC(C)C3)n2C2CCCCC2)cc1OC. The molecule has 0 radical (unpaired) electrons. The van der Waals surface area contributed by atoms with Crippen molar-refractivity contribution >= 4 is 17.7 Å². The predicted octanol–water partition coefficient (Wildman–Crippen LogP) is 5.06. The molecule has 4 rings (SSSR count). The molecule has 180 valence electrons. The molecule has 1 aliphatic carbocycles. The normalized spacial score (nSPS) is 21.8. The van der Waals surface area contributed by atoms with Gasteiger partial charge in [0, 0.05) is 24.7 Å². The zero-order valence-electron chi connectivity index (χ0n) is 20.2. The Morgan fingerprint density at radius 3 is 2.39 bits per heavy atom. The van der Waals surface area contributed by atoms with Crippen molar-refractivity contribution in [1.82, 2.24) is 19.7 Å². The van der Waals surface area contributed by atoms with Gasteiger partial charge >= 0.3 is 0 Å². The molecule has 2 unspecified atom stereocenters. The van der Waals surface area contributed by atoms with Crippen molar-refractivity contribution in [2.45, 2.75) is 63.6 Å². The summed E-state index contributed by atoms with van der Waals surface area (Å²) in [5.74, 6) is 3.91. The molecule has 0 bridgehead atoms. The van der Waals surface area contributed by atoms with E-state index in [1.165, 1.54) is 37.4 Å². The Labute approximate surface area is 201 Å². The average molecular weight is 473 g/mol. The smallest absolute Gasteiger partial charge is 0.233 e. The van der Waals surface area contributed by atoms with E-state index in [-0.39, 0.29) is 5.91 Å². The van der Waals surface area contributed by atoms with Crippen LogP contribution in [0.4, 0.5) is 0 Å². The van der Waals surface area contributed by atoms with Crippen LogP contribution in [0, 0.1) is 11.8 Å². The minimum atomic E-state index is 0.198. The zero-order valence-corrected chi connectivity index (χ0v) is 21.1. The van der Waals surface area contributed by atoms with Crippen molar-refractivity contribution < 1.29 is 14.3 Å². The van der Waals surface area contributed by atoms with Gasteiger partial charge in [-0.3, -0.25) is 9.36 Å². The zero-order chi connectivity index (χ0) is 23.4. The van der Waals surface area contributed by atoms with Gasteiger partial charge in [-0.05, 0) is 49.3 Å². The maximum Gasteiger partial charge on any atom is 0.233 e. The number of carbonyl (C=O) groups is 1. The number of methoxy groups -OCH3 is 2. The van der Waals surface area contributed by atoms with Gasteiger partial charge in [0.1, 0.15) is 0 Å². The summed E-state index contributed by atoms with van der Waals surface area (Å²) < 4.78 is 13.2. The topological polar surface area (TPSA) is 69.5 Å². The molecule has 1 saturated heterocycles. The highest BCUT2D eigenvalue weighted by atomic mass is 32.2. The van der Waals surface area contributed by atoms with Crippen molar-refractivity contribution in [3.8, 4) is 22.9 Å². The second-order valence-electron chi connectivity index (χ2n) is 9.57. The van der Waals surface area contributed by atoms with Crippen LogP contribution in [0.2, 0.25) is 0 Å². The first-order valence-corrected chi connectivity index (χ1v) is 13.1. The molecule has 2 aliphatic rings. The number of hydrogen-bond acceptors (Lipinski definition) is 6. The fourth-order valence-corrected chi connectivity index (χ4v) is 6.21. The number of ether oxygens (including phenoxy) is 2. The van der Waals surface area contributed by atoms with Crippen LogP contribution in [0.15, 0.2) is 23.4 Å². The highest BCUT2D eigenvalue weighted by Gasteiger charge is 2.28. The number of aromatic nitrogens is 3. The molecule has 2 aromatic rings. The monoisotopic (exact) mass is 472 g/mol. The molecule has 7 nitrogen and oxygen atoms in total. The Kier molecular flexibility index (Phi) is 7.83. The van der Waals surface area contributed by atoms with Gasteiger partial charge in [0.15, 0.2) is 22.5 Å². The van der Waals surface area contributed by atoms with E-state index in [9.17, 15) is 4.79 Å². The van der Waals surface area contributed by atoms with Crippen LogP contribution in [0.1, 0.15) is 58.4 Å². The van der Waals surface area contributed by atoms with Crippen LogP contribution in [-0.4, -0.2) is 58.6 Å². The Bertz CT molecular complexity index is 947. The lowest BCUT2D eigenvalue weighted by Crippen LogP contribution is -2.43. The van der Waals surface area contributed by atoms with Gasteiger partial charge in [0.2, 0.25) is 5.91 Å². The molecule has 33 heavy (non-hydrogen) atoms. The van der Waals surface area contributed by atoms with E-state index < -0.39 is 0 Å². The first kappa shape index (κ1) is 23.9. The number of likely N-dealkylation sites (tertiary alicyclic amines) is 1. The van der Waals surface area contributed by atoms with Crippen molar-refractivity contribution in [2.75, 3.05) is 33.1 Å². The molecule has 2 fully saturated rings. The van der Waals surface area contributed by atoms with E-state index in [2.05, 4.69) is 28.6 Å². The molecule has 1 saturated carbocycles. The lowest BCUT2D eigenvalue weighted by atomic mass is 9.92. The maximum atomic E-state index is 13.0. The number of benzene rings is 1. The van der Waals surface area contributed by atoms with Gasteiger partial charge in [-0.25, -0.2) is 0 Å². The highest BCUT2D eigenvalue weighted by molar-refractivity contribution is 7.99. The Hall–Kier alpha value is -2.22. The third-order valence-electron chi connectivity index (χ3n) is 6.79. The molecule has 2 heterocycles. The summed E-state index contributed by atoms with van der Waals surface area (Å²) in [6, 6.07) is 6.21. The molecule has 1 amide bonds. The van der Waals surface area contributed by atoms with Gasteiger partial charge in [-0.1, -0.05) is 44.9 Å². The lowest BCUT2D eigenvalue weighted by molar-refractivity contribution is -0.130. The summed E-state index contributed by atoms with van der Waals surface area (Å²) >= 11 is 1.52. The Morgan fingerprint density at radius 2 is 1.73 bits per heavy atom. The standard InChI is InChI=1S/C25H36N4O3S/c1-17-12-18(2)15-28(14-17)23(30)16-33-25-27-26-24(29(25)20-8-6-5-7-9-20)19-10-11-21(31-3)22(13-19)32-4/h10-11,13,17-18,20H,5-9,12,14-16H2,1-4H3. The molecule has 2 atom stereocenters. The van der Waals surface area contributed by atoms with Crippen LogP contribution in [-0.2, 0) is 4.79 Å². The lowest BCUT2D eigenvalue weighted by Gasteiger charge is -2.35. The summed E-state index contributed by atoms with van der Waals surface area (Å²) in [6.45, 7) is 6.18. The van der Waals surface area contributed by atoms with E-state index in [1.807, 2.05) is 23.1 Å². The number of piperidine rings is 1. The van der Waals surface area contributed by atoms with E-state index in [1.54, 1.807) is 14.2 Å². The van der Waals surface area contributed by atoms with Crippen molar-refractivity contribution in [2.24, 2.45) is 11.8 Å². The van der Waals surface area contributed by atoms with Gasteiger partial charge < -0.3 is 14.4 Å². The molecule has 8 heteroatoms. The minimum absolute atomic E-state index is 0.198. The predicted molar refractivity (Wildman–Crippen MR) is 131 cm³/mol. The summed E-state index contributed by atoms with van der Waals surface area (Å²) in [7, 11) is 3.28. The van der Waals surface area contributed by atoms with Gasteiger partial charge in [-0.2, -0.15) is 0 Å². The van der Waals surface area contributed by atoms with E-state index in [0.29, 0.717) is 35.1 Å². The second kappa shape index (κ2) is 10.8. The van der Waals surface area contributed by atoms with Gasteiger partial charge in [-0.15, -0.1) is 10.2 Å². The van der Waals surface area contributed by atoms with Crippen LogP contribution < -0.4 is 9.47 Å². The van der Waals surface area contributed by atoms with Gasteiger partial charge in [0.05, 0.1) is 20.0 Å². The molecule has 1 aliphatic heterocycles. The van der Waals surface area contributed by atoms with E-state index >= 15 is 0 Å².